The molecule has 0 N–H and O–H groups in total. The summed E-state index contributed by atoms with van der Waals surface area (Å²) >= 11 is 0. The van der Waals surface area contributed by atoms with Crippen molar-refractivity contribution in [3.63, 3.8) is 0 Å². The molecule has 0 saturated heterocycles. The van der Waals surface area contributed by atoms with Crippen LogP contribution in [0.3, 0.4) is 0 Å². The van der Waals surface area contributed by atoms with Crippen molar-refractivity contribution in [3.8, 4) is 0 Å². The summed E-state index contributed by atoms with van der Waals surface area (Å²) in [4.78, 5) is 21.4. The third-order valence-electron chi connectivity index (χ3n) is 4.00. The molecule has 1 atom stereocenters. The van der Waals surface area contributed by atoms with Gasteiger partial charge in [0.2, 0.25) is 0 Å². The van der Waals surface area contributed by atoms with E-state index in [0.29, 0.717) is 11.2 Å². The second-order valence-electron chi connectivity index (χ2n) is 5.43. The van der Waals surface area contributed by atoms with E-state index in [1.54, 1.807) is 10.9 Å². The van der Waals surface area contributed by atoms with Crippen LogP contribution >= 0.6 is 0 Å². The Balaban J connectivity index is 2.79. The van der Waals surface area contributed by atoms with Gasteiger partial charge in [-0.05, 0) is 19.8 Å². The minimum Gasteiger partial charge on any atom is -0.328 e. The summed E-state index contributed by atoms with van der Waals surface area (Å²) in [6, 6.07) is 0. The molecule has 0 amide bonds. The maximum atomic E-state index is 12.8. The molecule has 0 spiro atoms. The Morgan fingerprint density at radius 3 is 2.68 bits per heavy atom. The molecule has 102 valence electrons. The summed E-state index contributed by atoms with van der Waals surface area (Å²) in [5.74, 6) is 0. The average Bonchev–Trinajstić information content (AvgIpc) is 2.71. The summed E-state index contributed by atoms with van der Waals surface area (Å²) in [5, 5.41) is 0. The van der Waals surface area contributed by atoms with Crippen molar-refractivity contribution >= 4 is 24.7 Å². The van der Waals surface area contributed by atoms with E-state index in [0.717, 1.165) is 25.0 Å². The van der Waals surface area contributed by atoms with Crippen LogP contribution in [-0.4, -0.2) is 26.9 Å². The van der Waals surface area contributed by atoms with Gasteiger partial charge in [-0.1, -0.05) is 20.3 Å². The Kier molecular flexibility index (Phi) is 3.52. The molecule has 2 heterocycles. The largest absolute Gasteiger partial charge is 0.328 e. The topological polar surface area (TPSA) is 52.7 Å². The SMILES string of the molecule is Bc1nc2ncn(C)c2c(=O)n1C(C)(CC)CCC. The molecule has 0 radical (unpaired) electrons. The molecular weight excluding hydrogens is 239 g/mol. The molecule has 2 rings (SSSR count). The lowest BCUT2D eigenvalue weighted by molar-refractivity contribution is 0.276. The average molecular weight is 260 g/mol. The van der Waals surface area contributed by atoms with Gasteiger partial charge in [0, 0.05) is 12.6 Å². The first-order valence-corrected chi connectivity index (χ1v) is 6.85. The number of aryl methyl sites for hydroxylation is 1. The third-order valence-corrected chi connectivity index (χ3v) is 4.00. The van der Waals surface area contributed by atoms with Crippen molar-refractivity contribution in [3.05, 3.63) is 16.7 Å². The Labute approximate surface area is 114 Å². The Morgan fingerprint density at radius 1 is 1.42 bits per heavy atom. The van der Waals surface area contributed by atoms with Gasteiger partial charge in [0.25, 0.3) is 5.56 Å². The van der Waals surface area contributed by atoms with Gasteiger partial charge in [-0.2, -0.15) is 0 Å². The van der Waals surface area contributed by atoms with Gasteiger partial charge in [-0.25, -0.2) is 9.97 Å². The number of rotatable bonds is 4. The van der Waals surface area contributed by atoms with Crippen LogP contribution in [0.4, 0.5) is 0 Å². The zero-order valence-electron chi connectivity index (χ0n) is 12.4. The van der Waals surface area contributed by atoms with Gasteiger partial charge in [-0.3, -0.25) is 9.36 Å². The molecular formula is C13H21BN4O. The third kappa shape index (κ3) is 2.09. The van der Waals surface area contributed by atoms with Gasteiger partial charge in [0.1, 0.15) is 0 Å². The Morgan fingerprint density at radius 2 is 2.11 bits per heavy atom. The van der Waals surface area contributed by atoms with Crippen LogP contribution in [0.1, 0.15) is 40.0 Å². The van der Waals surface area contributed by atoms with Gasteiger partial charge < -0.3 is 4.57 Å². The number of imidazole rings is 1. The van der Waals surface area contributed by atoms with E-state index < -0.39 is 0 Å². The van der Waals surface area contributed by atoms with E-state index in [1.807, 2.05) is 19.5 Å². The molecule has 0 aliphatic rings. The highest BCUT2D eigenvalue weighted by Crippen LogP contribution is 2.24. The second-order valence-corrected chi connectivity index (χ2v) is 5.43. The number of aromatic nitrogens is 4. The number of hydrogen-bond acceptors (Lipinski definition) is 3. The molecule has 19 heavy (non-hydrogen) atoms. The molecule has 2 aromatic rings. The van der Waals surface area contributed by atoms with Crippen LogP contribution in [0.25, 0.3) is 11.2 Å². The molecule has 0 fully saturated rings. The van der Waals surface area contributed by atoms with Crippen molar-refractivity contribution < 1.29 is 0 Å². The van der Waals surface area contributed by atoms with E-state index in [-0.39, 0.29) is 11.1 Å². The van der Waals surface area contributed by atoms with Gasteiger partial charge >= 0.3 is 0 Å². The van der Waals surface area contributed by atoms with E-state index in [2.05, 4.69) is 30.7 Å². The lowest BCUT2D eigenvalue weighted by Gasteiger charge is -2.32. The molecule has 0 aliphatic heterocycles. The monoisotopic (exact) mass is 260 g/mol. The van der Waals surface area contributed by atoms with Gasteiger partial charge in [0.05, 0.1) is 12.1 Å². The van der Waals surface area contributed by atoms with Gasteiger partial charge in [-0.15, -0.1) is 0 Å². The first kappa shape index (κ1) is 13.8. The predicted octanol–water partition coefficient (Wildman–Crippen LogP) is 0.314. The van der Waals surface area contributed by atoms with Crippen molar-refractivity contribution in [2.75, 3.05) is 0 Å². The summed E-state index contributed by atoms with van der Waals surface area (Å²) in [6.07, 6.45) is 4.56. The molecule has 0 bridgehead atoms. The molecule has 6 heteroatoms. The summed E-state index contributed by atoms with van der Waals surface area (Å²) in [6.45, 7) is 6.40. The molecule has 1 unspecified atom stereocenters. The van der Waals surface area contributed by atoms with E-state index in [1.165, 1.54) is 0 Å². The second kappa shape index (κ2) is 4.83. The molecule has 2 aromatic heterocycles. The smallest absolute Gasteiger partial charge is 0.279 e. The molecule has 5 nitrogen and oxygen atoms in total. The van der Waals surface area contributed by atoms with E-state index >= 15 is 0 Å². The van der Waals surface area contributed by atoms with E-state index in [4.69, 9.17) is 0 Å². The number of hydrogen-bond donors (Lipinski definition) is 0. The fourth-order valence-corrected chi connectivity index (χ4v) is 2.82. The highest BCUT2D eigenvalue weighted by molar-refractivity contribution is 6.29. The highest BCUT2D eigenvalue weighted by atomic mass is 16.1. The fourth-order valence-electron chi connectivity index (χ4n) is 2.82. The minimum absolute atomic E-state index is 0.0142. The molecule has 0 aromatic carbocycles. The Hall–Kier alpha value is -1.59. The minimum atomic E-state index is -0.179. The summed E-state index contributed by atoms with van der Waals surface area (Å²) < 4.78 is 3.60. The van der Waals surface area contributed by atoms with E-state index in [9.17, 15) is 4.79 Å². The summed E-state index contributed by atoms with van der Waals surface area (Å²) in [7, 11) is 3.72. The van der Waals surface area contributed by atoms with Crippen molar-refractivity contribution in [2.24, 2.45) is 7.05 Å². The lowest BCUT2D eigenvalue weighted by atomic mass is 9.90. The fraction of sp³-hybridized carbons (Fsp3) is 0.615. The zero-order chi connectivity index (χ0) is 14.2. The van der Waals surface area contributed by atoms with Crippen LogP contribution in [-0.2, 0) is 12.6 Å². The zero-order valence-corrected chi connectivity index (χ0v) is 12.4. The van der Waals surface area contributed by atoms with Gasteiger partial charge in [0.15, 0.2) is 19.0 Å². The lowest BCUT2D eigenvalue weighted by Crippen LogP contribution is -2.48. The quantitative estimate of drug-likeness (QED) is 0.744. The molecule has 0 saturated carbocycles. The highest BCUT2D eigenvalue weighted by Gasteiger charge is 2.27. The van der Waals surface area contributed by atoms with Crippen molar-refractivity contribution in [1.82, 2.24) is 19.1 Å². The Bertz CT molecular complexity index is 660. The van der Waals surface area contributed by atoms with Crippen LogP contribution in [0.2, 0.25) is 0 Å². The van der Waals surface area contributed by atoms with Crippen LogP contribution < -0.4 is 11.3 Å². The first-order valence-electron chi connectivity index (χ1n) is 6.85. The standard InChI is InChI=1S/C13H21BN4O/c1-5-7-13(3,6-2)18-11(19)9-10(16-12(18)14)15-8-17(9)4/h8H,5-7,14H2,1-4H3. The van der Waals surface area contributed by atoms with Crippen molar-refractivity contribution in [1.29, 1.82) is 0 Å². The maximum Gasteiger partial charge on any atom is 0.279 e. The molecule has 0 aliphatic carbocycles. The van der Waals surface area contributed by atoms with Crippen LogP contribution in [0.5, 0.6) is 0 Å². The number of fused-ring (bicyclic) bond motifs is 1. The van der Waals surface area contributed by atoms with Crippen LogP contribution in [0, 0.1) is 0 Å². The normalized spacial score (nSPS) is 14.7. The number of nitrogens with zero attached hydrogens (tertiary/aromatic N) is 4. The first-order chi connectivity index (χ1) is 8.94. The summed E-state index contributed by atoms with van der Waals surface area (Å²) in [5.41, 5.74) is 1.70. The van der Waals surface area contributed by atoms with Crippen molar-refractivity contribution in [2.45, 2.75) is 45.6 Å². The van der Waals surface area contributed by atoms with Crippen LogP contribution in [0.15, 0.2) is 11.1 Å². The maximum absolute atomic E-state index is 12.8. The predicted molar refractivity (Wildman–Crippen MR) is 79.8 cm³/mol.